The fraction of sp³-hybridized carbons (Fsp3) is 0.312. The molecule has 0 unspecified atom stereocenters. The first kappa shape index (κ1) is 14.6. The lowest BCUT2D eigenvalue weighted by atomic mass is 9.78. The summed E-state index contributed by atoms with van der Waals surface area (Å²) in [6, 6.07) is 4.53. The number of ether oxygens (including phenoxy) is 2. The summed E-state index contributed by atoms with van der Waals surface area (Å²) in [5.74, 6) is 0.371. The second kappa shape index (κ2) is 4.86. The molecule has 0 spiro atoms. The second-order valence-electron chi connectivity index (χ2n) is 5.29. The summed E-state index contributed by atoms with van der Waals surface area (Å²) in [7, 11) is 2.85. The van der Waals surface area contributed by atoms with E-state index in [2.05, 4.69) is 0 Å². The molecule has 0 saturated heterocycles. The first-order valence-corrected chi connectivity index (χ1v) is 6.70. The molecule has 1 aromatic heterocycles. The van der Waals surface area contributed by atoms with E-state index in [4.69, 9.17) is 13.9 Å². The minimum atomic E-state index is -1.89. The van der Waals surface area contributed by atoms with Crippen LogP contribution in [0.15, 0.2) is 22.6 Å². The van der Waals surface area contributed by atoms with E-state index >= 15 is 0 Å². The number of carbonyl (C=O) groups is 1. The maximum atomic E-state index is 12.7. The van der Waals surface area contributed by atoms with E-state index in [0.29, 0.717) is 28.4 Å². The Labute approximate surface area is 126 Å². The predicted octanol–water partition coefficient (Wildman–Crippen LogP) is 2.00. The first-order chi connectivity index (χ1) is 10.4. The van der Waals surface area contributed by atoms with Crippen molar-refractivity contribution in [2.24, 2.45) is 0 Å². The van der Waals surface area contributed by atoms with Gasteiger partial charge in [-0.15, -0.1) is 0 Å². The highest BCUT2D eigenvalue weighted by atomic mass is 16.5. The van der Waals surface area contributed by atoms with Gasteiger partial charge < -0.3 is 24.1 Å². The Morgan fingerprint density at radius 3 is 2.64 bits per heavy atom. The van der Waals surface area contributed by atoms with Crippen molar-refractivity contribution >= 4 is 5.78 Å². The quantitative estimate of drug-likeness (QED) is 0.901. The van der Waals surface area contributed by atoms with E-state index in [0.717, 1.165) is 0 Å². The number of methoxy groups -OCH3 is 2. The molecule has 1 aromatic carbocycles. The zero-order valence-corrected chi connectivity index (χ0v) is 12.5. The molecule has 6 nitrogen and oxygen atoms in total. The summed E-state index contributed by atoms with van der Waals surface area (Å²) in [6.45, 7) is 1.48. The van der Waals surface area contributed by atoms with E-state index in [1.807, 2.05) is 0 Å². The SMILES string of the molecule is COC[C@@]1(O)C(=O)c2c(O)cc(OC)cc2-c2oc(C)cc21. The molecule has 0 amide bonds. The summed E-state index contributed by atoms with van der Waals surface area (Å²) < 4.78 is 15.8. The van der Waals surface area contributed by atoms with Gasteiger partial charge in [-0.25, -0.2) is 0 Å². The molecule has 22 heavy (non-hydrogen) atoms. The number of benzene rings is 1. The van der Waals surface area contributed by atoms with Gasteiger partial charge in [0.15, 0.2) is 5.60 Å². The topological polar surface area (TPSA) is 89.1 Å². The third-order valence-corrected chi connectivity index (χ3v) is 3.83. The van der Waals surface area contributed by atoms with Gasteiger partial charge in [0.05, 0.1) is 19.3 Å². The Balaban J connectivity index is 2.35. The average molecular weight is 304 g/mol. The largest absolute Gasteiger partial charge is 0.507 e. The van der Waals surface area contributed by atoms with Crippen molar-refractivity contribution in [3.05, 3.63) is 35.1 Å². The Kier molecular flexibility index (Phi) is 3.23. The maximum absolute atomic E-state index is 12.7. The lowest BCUT2D eigenvalue weighted by molar-refractivity contribution is -0.0186. The molecule has 1 aliphatic carbocycles. The van der Waals surface area contributed by atoms with Crippen LogP contribution in [0.2, 0.25) is 0 Å². The number of fused-ring (bicyclic) bond motifs is 3. The highest BCUT2D eigenvalue weighted by molar-refractivity contribution is 6.13. The summed E-state index contributed by atoms with van der Waals surface area (Å²) in [4.78, 5) is 12.7. The third-order valence-electron chi connectivity index (χ3n) is 3.83. The molecule has 6 heteroatoms. The number of carbonyl (C=O) groups excluding carboxylic acids is 1. The van der Waals surface area contributed by atoms with Gasteiger partial charge in [-0.3, -0.25) is 4.79 Å². The van der Waals surface area contributed by atoms with Crippen molar-refractivity contribution < 1.29 is 28.9 Å². The van der Waals surface area contributed by atoms with E-state index in [-0.39, 0.29) is 17.9 Å². The number of Topliss-reactive ketones (excluding diaryl/α,β-unsaturated/α-hetero) is 1. The lowest BCUT2D eigenvalue weighted by Crippen LogP contribution is -2.42. The average Bonchev–Trinajstić information content (AvgIpc) is 2.87. The van der Waals surface area contributed by atoms with Gasteiger partial charge in [-0.1, -0.05) is 0 Å². The Hall–Kier alpha value is -2.31. The molecule has 1 heterocycles. The van der Waals surface area contributed by atoms with Gasteiger partial charge in [0.1, 0.15) is 23.0 Å². The van der Waals surface area contributed by atoms with Crippen molar-refractivity contribution in [1.82, 2.24) is 0 Å². The predicted molar refractivity (Wildman–Crippen MR) is 77.2 cm³/mol. The summed E-state index contributed by atoms with van der Waals surface area (Å²) in [5.41, 5.74) is -1.16. The van der Waals surface area contributed by atoms with Crippen LogP contribution in [-0.2, 0) is 10.3 Å². The van der Waals surface area contributed by atoms with Gasteiger partial charge >= 0.3 is 0 Å². The van der Waals surface area contributed by atoms with Crippen LogP contribution in [0.25, 0.3) is 11.3 Å². The highest BCUT2D eigenvalue weighted by Crippen LogP contribution is 2.47. The fourth-order valence-electron chi connectivity index (χ4n) is 2.84. The van der Waals surface area contributed by atoms with Crippen molar-refractivity contribution in [3.8, 4) is 22.8 Å². The first-order valence-electron chi connectivity index (χ1n) is 6.70. The number of furan rings is 1. The summed E-state index contributed by atoms with van der Waals surface area (Å²) in [6.07, 6.45) is 0. The molecule has 1 atom stereocenters. The van der Waals surface area contributed by atoms with Crippen molar-refractivity contribution in [1.29, 1.82) is 0 Å². The van der Waals surface area contributed by atoms with Gasteiger partial charge in [-0.2, -0.15) is 0 Å². The number of hydrogen-bond acceptors (Lipinski definition) is 6. The fourth-order valence-corrected chi connectivity index (χ4v) is 2.84. The molecule has 0 aliphatic heterocycles. The van der Waals surface area contributed by atoms with Crippen LogP contribution >= 0.6 is 0 Å². The number of aliphatic hydroxyl groups is 1. The molecule has 0 bridgehead atoms. The summed E-state index contributed by atoms with van der Waals surface area (Å²) in [5, 5.41) is 21.0. The van der Waals surface area contributed by atoms with Gasteiger partial charge in [0, 0.05) is 24.3 Å². The van der Waals surface area contributed by atoms with Gasteiger partial charge in [0.25, 0.3) is 0 Å². The Bertz CT molecular complexity index is 760. The van der Waals surface area contributed by atoms with Crippen LogP contribution in [0.1, 0.15) is 21.7 Å². The molecule has 3 rings (SSSR count). The standard InChI is InChI=1S/C16H16O6/c1-8-4-11-14(22-8)10-5-9(21-3)6-12(17)13(10)15(18)16(11,19)7-20-2/h4-6,17,19H,7H2,1-3H3/t16-/m0/s1. The van der Waals surface area contributed by atoms with Crippen LogP contribution in [0.5, 0.6) is 11.5 Å². The molecular weight excluding hydrogens is 288 g/mol. The van der Waals surface area contributed by atoms with E-state index in [9.17, 15) is 15.0 Å². The number of phenols is 1. The van der Waals surface area contributed by atoms with Gasteiger partial charge in [0.2, 0.25) is 5.78 Å². The molecule has 2 N–H and O–H groups in total. The zero-order chi connectivity index (χ0) is 16.1. The van der Waals surface area contributed by atoms with E-state index in [1.54, 1.807) is 19.1 Å². The Morgan fingerprint density at radius 2 is 2.00 bits per heavy atom. The molecule has 0 fully saturated rings. The van der Waals surface area contributed by atoms with Crippen molar-refractivity contribution in [2.75, 3.05) is 20.8 Å². The smallest absolute Gasteiger partial charge is 0.205 e. The van der Waals surface area contributed by atoms with Crippen LogP contribution in [-0.4, -0.2) is 36.8 Å². The number of phenolic OH excluding ortho intramolecular Hbond substituents is 1. The third kappa shape index (κ3) is 1.84. The number of aromatic hydroxyl groups is 1. The normalized spacial score (nSPS) is 19.7. The van der Waals surface area contributed by atoms with E-state index in [1.165, 1.54) is 20.3 Å². The maximum Gasteiger partial charge on any atom is 0.205 e. The molecule has 116 valence electrons. The summed E-state index contributed by atoms with van der Waals surface area (Å²) >= 11 is 0. The molecule has 0 saturated carbocycles. The van der Waals surface area contributed by atoms with Crippen LogP contribution in [0.3, 0.4) is 0 Å². The highest BCUT2D eigenvalue weighted by Gasteiger charge is 2.48. The number of hydrogen-bond donors (Lipinski definition) is 2. The minimum absolute atomic E-state index is 0.00204. The van der Waals surface area contributed by atoms with Crippen LogP contribution in [0, 0.1) is 6.92 Å². The number of rotatable bonds is 3. The second-order valence-corrected chi connectivity index (χ2v) is 5.29. The number of aryl methyl sites for hydroxylation is 1. The molecule has 1 aliphatic rings. The lowest BCUT2D eigenvalue weighted by Gasteiger charge is -2.31. The molecule has 0 radical (unpaired) electrons. The van der Waals surface area contributed by atoms with Gasteiger partial charge in [-0.05, 0) is 19.1 Å². The number of ketones is 1. The zero-order valence-electron chi connectivity index (χ0n) is 12.5. The van der Waals surface area contributed by atoms with Crippen molar-refractivity contribution in [3.63, 3.8) is 0 Å². The van der Waals surface area contributed by atoms with E-state index < -0.39 is 11.4 Å². The van der Waals surface area contributed by atoms with Crippen LogP contribution < -0.4 is 4.74 Å². The molecular formula is C16H16O6. The van der Waals surface area contributed by atoms with Crippen LogP contribution in [0.4, 0.5) is 0 Å². The van der Waals surface area contributed by atoms with Crippen molar-refractivity contribution in [2.45, 2.75) is 12.5 Å². The monoisotopic (exact) mass is 304 g/mol. The molecule has 2 aromatic rings. The Morgan fingerprint density at radius 1 is 1.27 bits per heavy atom. The minimum Gasteiger partial charge on any atom is -0.507 e.